The summed E-state index contributed by atoms with van der Waals surface area (Å²) in [6, 6.07) is 21.6. The first-order valence-corrected chi connectivity index (χ1v) is 13.1. The standard InChI is InChI=1S/C27H24N4O2S2/c1-17-8-6-11-20(14-17)29-22(32)16-34-27-30-23-21-12-7-13-28-25(21)35-24(23)26(33)31(27)15-18(2)19-9-4-3-5-10-19/h3-14,18H,15-16H2,1-2H3,(H,29,32). The van der Waals surface area contributed by atoms with Gasteiger partial charge in [-0.25, -0.2) is 9.97 Å². The van der Waals surface area contributed by atoms with Gasteiger partial charge in [-0.1, -0.05) is 61.2 Å². The molecule has 0 fully saturated rings. The summed E-state index contributed by atoms with van der Waals surface area (Å²) in [4.78, 5) is 36.4. The minimum absolute atomic E-state index is 0.0950. The van der Waals surface area contributed by atoms with Crippen LogP contribution in [0.1, 0.15) is 24.0 Å². The Balaban J connectivity index is 1.49. The Morgan fingerprint density at radius 2 is 1.94 bits per heavy atom. The number of carbonyl (C=O) groups is 1. The van der Waals surface area contributed by atoms with Gasteiger partial charge >= 0.3 is 0 Å². The van der Waals surface area contributed by atoms with Crippen molar-refractivity contribution in [2.75, 3.05) is 11.1 Å². The van der Waals surface area contributed by atoms with Crippen LogP contribution < -0.4 is 10.9 Å². The normalized spacial score (nSPS) is 12.2. The average Bonchev–Trinajstić information content (AvgIpc) is 3.24. The predicted molar refractivity (Wildman–Crippen MR) is 145 cm³/mol. The number of benzene rings is 2. The molecule has 3 heterocycles. The first-order valence-electron chi connectivity index (χ1n) is 11.3. The molecular formula is C27H24N4O2S2. The first kappa shape index (κ1) is 23.3. The Labute approximate surface area is 211 Å². The number of hydrogen-bond acceptors (Lipinski definition) is 6. The van der Waals surface area contributed by atoms with Gasteiger partial charge < -0.3 is 5.32 Å². The van der Waals surface area contributed by atoms with Crippen molar-refractivity contribution in [3.63, 3.8) is 0 Å². The van der Waals surface area contributed by atoms with Crippen molar-refractivity contribution in [3.05, 3.63) is 94.4 Å². The van der Waals surface area contributed by atoms with E-state index in [1.807, 2.05) is 61.5 Å². The van der Waals surface area contributed by atoms with Gasteiger partial charge in [0.2, 0.25) is 5.91 Å². The molecule has 0 aliphatic carbocycles. The summed E-state index contributed by atoms with van der Waals surface area (Å²) in [7, 11) is 0. The Hall–Kier alpha value is -3.49. The molecule has 0 radical (unpaired) electrons. The second kappa shape index (κ2) is 10.0. The number of nitrogens with one attached hydrogen (secondary N) is 1. The molecule has 0 spiro atoms. The van der Waals surface area contributed by atoms with Crippen LogP contribution >= 0.6 is 23.1 Å². The second-order valence-corrected chi connectivity index (χ2v) is 10.4. The van der Waals surface area contributed by atoms with Gasteiger partial charge in [-0.2, -0.15) is 0 Å². The second-order valence-electron chi connectivity index (χ2n) is 8.46. The lowest BCUT2D eigenvalue weighted by Gasteiger charge is -2.17. The molecule has 6 nitrogen and oxygen atoms in total. The molecule has 176 valence electrons. The number of nitrogens with zero attached hydrogens (tertiary/aromatic N) is 3. The smallest absolute Gasteiger partial charge is 0.272 e. The molecule has 3 aromatic heterocycles. The number of pyridine rings is 1. The number of hydrogen-bond donors (Lipinski definition) is 1. The lowest BCUT2D eigenvalue weighted by molar-refractivity contribution is -0.113. The van der Waals surface area contributed by atoms with E-state index in [9.17, 15) is 9.59 Å². The van der Waals surface area contributed by atoms with E-state index in [0.717, 1.165) is 27.0 Å². The molecule has 0 saturated heterocycles. The molecule has 35 heavy (non-hydrogen) atoms. The minimum Gasteiger partial charge on any atom is -0.325 e. The summed E-state index contributed by atoms with van der Waals surface area (Å²) >= 11 is 2.65. The summed E-state index contributed by atoms with van der Waals surface area (Å²) in [6.07, 6.45) is 1.72. The van der Waals surface area contributed by atoms with E-state index in [1.54, 1.807) is 10.8 Å². The molecule has 5 rings (SSSR count). The fraction of sp³-hybridized carbons (Fsp3) is 0.185. The zero-order valence-corrected chi connectivity index (χ0v) is 21.0. The number of thioether (sulfide) groups is 1. The van der Waals surface area contributed by atoms with Crippen LogP contribution in [0.2, 0.25) is 0 Å². The Bertz CT molecular complexity index is 1580. The van der Waals surface area contributed by atoms with Crippen LogP contribution in [-0.2, 0) is 11.3 Å². The number of aromatic nitrogens is 3. The van der Waals surface area contributed by atoms with Crippen molar-refractivity contribution in [3.8, 4) is 0 Å². The molecule has 5 aromatic rings. The van der Waals surface area contributed by atoms with Crippen molar-refractivity contribution in [1.82, 2.24) is 14.5 Å². The average molecular weight is 501 g/mol. The summed E-state index contributed by atoms with van der Waals surface area (Å²) in [5.74, 6) is 0.0990. The van der Waals surface area contributed by atoms with Gasteiger partial charge in [0.25, 0.3) is 5.56 Å². The predicted octanol–water partition coefficient (Wildman–Crippen LogP) is 5.85. The van der Waals surface area contributed by atoms with Crippen LogP contribution in [0.25, 0.3) is 20.4 Å². The highest BCUT2D eigenvalue weighted by Crippen LogP contribution is 2.31. The molecule has 1 amide bonds. The fourth-order valence-electron chi connectivity index (χ4n) is 4.02. The van der Waals surface area contributed by atoms with Crippen molar-refractivity contribution >= 4 is 55.1 Å². The van der Waals surface area contributed by atoms with E-state index in [0.29, 0.717) is 21.9 Å². The molecule has 1 atom stereocenters. The summed E-state index contributed by atoms with van der Waals surface area (Å²) in [5.41, 5.74) is 3.52. The molecule has 2 aromatic carbocycles. The number of carbonyl (C=O) groups excluding carboxylic acids is 1. The maximum absolute atomic E-state index is 13.7. The molecule has 8 heteroatoms. The van der Waals surface area contributed by atoms with Crippen molar-refractivity contribution < 1.29 is 4.79 Å². The maximum Gasteiger partial charge on any atom is 0.272 e. The van der Waals surface area contributed by atoms with Gasteiger partial charge in [0.1, 0.15) is 9.53 Å². The molecule has 0 bridgehead atoms. The van der Waals surface area contributed by atoms with Gasteiger partial charge in [-0.15, -0.1) is 11.3 Å². The third-order valence-electron chi connectivity index (χ3n) is 5.78. The quantitative estimate of drug-likeness (QED) is 0.224. The van der Waals surface area contributed by atoms with Crippen molar-refractivity contribution in [2.45, 2.75) is 31.5 Å². The highest BCUT2D eigenvalue weighted by atomic mass is 32.2. The maximum atomic E-state index is 13.7. The van der Waals surface area contributed by atoms with Gasteiger partial charge in [0.15, 0.2) is 5.16 Å². The third-order valence-corrected chi connectivity index (χ3v) is 7.84. The van der Waals surface area contributed by atoms with Crippen molar-refractivity contribution in [2.24, 2.45) is 0 Å². The highest BCUT2D eigenvalue weighted by Gasteiger charge is 2.19. The highest BCUT2D eigenvalue weighted by molar-refractivity contribution is 7.99. The molecular weight excluding hydrogens is 476 g/mol. The Morgan fingerprint density at radius 1 is 1.11 bits per heavy atom. The third kappa shape index (κ3) is 4.99. The van der Waals surface area contributed by atoms with Crippen LogP contribution in [0.15, 0.2) is 82.9 Å². The number of thiophene rings is 1. The number of fused-ring (bicyclic) bond motifs is 3. The van der Waals surface area contributed by atoms with Crippen LogP contribution in [0.4, 0.5) is 5.69 Å². The summed E-state index contributed by atoms with van der Waals surface area (Å²) in [5, 5.41) is 4.33. The van der Waals surface area contributed by atoms with Crippen LogP contribution in [-0.4, -0.2) is 26.2 Å². The number of rotatable bonds is 7. The van der Waals surface area contributed by atoms with Gasteiger partial charge in [0.05, 0.1) is 11.3 Å². The number of aryl methyl sites for hydroxylation is 1. The largest absolute Gasteiger partial charge is 0.325 e. The topological polar surface area (TPSA) is 76.9 Å². The fourth-order valence-corrected chi connectivity index (χ4v) is 5.86. The number of amides is 1. The number of anilines is 1. The van der Waals surface area contributed by atoms with E-state index in [-0.39, 0.29) is 23.1 Å². The van der Waals surface area contributed by atoms with E-state index in [2.05, 4.69) is 29.4 Å². The van der Waals surface area contributed by atoms with Crippen LogP contribution in [0.3, 0.4) is 0 Å². The van der Waals surface area contributed by atoms with Crippen LogP contribution in [0, 0.1) is 6.92 Å². The monoisotopic (exact) mass is 500 g/mol. The van der Waals surface area contributed by atoms with E-state index >= 15 is 0 Å². The van der Waals surface area contributed by atoms with Gasteiger partial charge in [-0.05, 0) is 48.2 Å². The molecule has 1 unspecified atom stereocenters. The first-order chi connectivity index (χ1) is 17.0. The van der Waals surface area contributed by atoms with Gasteiger partial charge in [-0.3, -0.25) is 14.2 Å². The Morgan fingerprint density at radius 3 is 2.74 bits per heavy atom. The van der Waals surface area contributed by atoms with E-state index in [1.165, 1.54) is 23.1 Å². The van der Waals surface area contributed by atoms with E-state index < -0.39 is 0 Å². The Kier molecular flexibility index (Phi) is 6.66. The molecule has 1 N–H and O–H groups in total. The lowest BCUT2D eigenvalue weighted by atomic mass is 10.0. The lowest BCUT2D eigenvalue weighted by Crippen LogP contribution is -2.25. The molecule has 0 saturated carbocycles. The van der Waals surface area contributed by atoms with E-state index in [4.69, 9.17) is 4.98 Å². The van der Waals surface area contributed by atoms with Crippen LogP contribution in [0.5, 0.6) is 0 Å². The molecule has 0 aliphatic rings. The summed E-state index contributed by atoms with van der Waals surface area (Å²) in [6.45, 7) is 4.54. The minimum atomic E-state index is -0.144. The van der Waals surface area contributed by atoms with Crippen molar-refractivity contribution in [1.29, 1.82) is 0 Å². The summed E-state index contributed by atoms with van der Waals surface area (Å²) < 4.78 is 2.30. The zero-order valence-electron chi connectivity index (χ0n) is 19.4. The SMILES string of the molecule is Cc1cccc(NC(=O)CSc2nc3c(sc4ncccc43)c(=O)n2CC(C)c2ccccc2)c1. The molecule has 0 aliphatic heterocycles. The van der Waals surface area contributed by atoms with Gasteiger partial charge in [0, 0.05) is 23.8 Å². The zero-order chi connectivity index (χ0) is 24.4.